The fourth-order valence-electron chi connectivity index (χ4n) is 2.45. The summed E-state index contributed by atoms with van der Waals surface area (Å²) < 4.78 is 10.8. The Balaban J connectivity index is 1.88. The second-order valence-corrected chi connectivity index (χ2v) is 5.08. The molecule has 0 saturated carbocycles. The summed E-state index contributed by atoms with van der Waals surface area (Å²) in [7, 11) is 1.67. The van der Waals surface area contributed by atoms with Crippen LogP contribution in [0.5, 0.6) is 5.75 Å². The quantitative estimate of drug-likeness (QED) is 0.866. The highest BCUT2D eigenvalue weighted by Crippen LogP contribution is 2.29. The maximum absolute atomic E-state index is 5.41. The number of morpholine rings is 1. The number of ether oxygens (including phenoxy) is 2. The number of hydrogen-bond acceptors (Lipinski definition) is 5. The second-order valence-electron chi connectivity index (χ2n) is 5.08. The fraction of sp³-hybridized carbons (Fsp3) is 0.375. The van der Waals surface area contributed by atoms with Crippen LogP contribution < -0.4 is 9.64 Å². The van der Waals surface area contributed by atoms with Gasteiger partial charge in [0.05, 0.1) is 26.0 Å². The summed E-state index contributed by atoms with van der Waals surface area (Å²) in [6, 6.07) is 10.1. The third-order valence-electron chi connectivity index (χ3n) is 3.62. The van der Waals surface area contributed by atoms with E-state index in [1.54, 1.807) is 7.11 Å². The summed E-state index contributed by atoms with van der Waals surface area (Å²) in [6.07, 6.45) is 0. The highest BCUT2D eigenvalue weighted by atomic mass is 16.5. The van der Waals surface area contributed by atoms with Gasteiger partial charge in [0.1, 0.15) is 5.75 Å². The van der Waals surface area contributed by atoms with Gasteiger partial charge < -0.3 is 14.4 Å². The van der Waals surface area contributed by atoms with Gasteiger partial charge >= 0.3 is 0 Å². The summed E-state index contributed by atoms with van der Waals surface area (Å²) in [5.74, 6) is 1.71. The minimum atomic E-state index is 0.745. The third-order valence-corrected chi connectivity index (χ3v) is 3.62. The van der Waals surface area contributed by atoms with Crippen LogP contribution in [-0.2, 0) is 4.74 Å². The first-order valence-electron chi connectivity index (χ1n) is 7.09. The lowest BCUT2D eigenvalue weighted by Crippen LogP contribution is -2.36. The van der Waals surface area contributed by atoms with Crippen molar-refractivity contribution < 1.29 is 9.47 Å². The van der Waals surface area contributed by atoms with Crippen LogP contribution in [-0.4, -0.2) is 43.6 Å². The van der Waals surface area contributed by atoms with Crippen LogP contribution in [0, 0.1) is 6.92 Å². The van der Waals surface area contributed by atoms with Gasteiger partial charge in [-0.15, -0.1) is 10.2 Å². The molecular formula is C16H19N3O2. The van der Waals surface area contributed by atoms with E-state index in [2.05, 4.69) is 28.1 Å². The van der Waals surface area contributed by atoms with Crippen molar-refractivity contribution in [1.82, 2.24) is 10.2 Å². The van der Waals surface area contributed by atoms with Crippen LogP contribution in [0.2, 0.25) is 0 Å². The summed E-state index contributed by atoms with van der Waals surface area (Å²) in [5.41, 5.74) is 2.97. The first-order chi connectivity index (χ1) is 10.3. The van der Waals surface area contributed by atoms with Crippen LogP contribution in [0.15, 0.2) is 30.3 Å². The van der Waals surface area contributed by atoms with Crippen LogP contribution in [0.4, 0.5) is 5.82 Å². The van der Waals surface area contributed by atoms with Crippen molar-refractivity contribution in [3.05, 3.63) is 35.9 Å². The van der Waals surface area contributed by atoms with Gasteiger partial charge in [-0.25, -0.2) is 0 Å². The molecule has 110 valence electrons. The van der Waals surface area contributed by atoms with Gasteiger partial charge in [0, 0.05) is 18.7 Å². The van der Waals surface area contributed by atoms with E-state index in [0.29, 0.717) is 0 Å². The highest BCUT2D eigenvalue weighted by molar-refractivity contribution is 5.68. The van der Waals surface area contributed by atoms with Crippen LogP contribution in [0.3, 0.4) is 0 Å². The number of methoxy groups -OCH3 is 1. The largest absolute Gasteiger partial charge is 0.496 e. The molecule has 5 heteroatoms. The van der Waals surface area contributed by atoms with Gasteiger partial charge in [-0.1, -0.05) is 11.6 Å². The molecule has 1 fully saturated rings. The number of hydrogen-bond donors (Lipinski definition) is 0. The highest BCUT2D eigenvalue weighted by Gasteiger charge is 2.14. The molecule has 1 saturated heterocycles. The zero-order valence-corrected chi connectivity index (χ0v) is 12.4. The van der Waals surface area contributed by atoms with Crippen molar-refractivity contribution in [1.29, 1.82) is 0 Å². The van der Waals surface area contributed by atoms with Crippen LogP contribution in [0.25, 0.3) is 11.3 Å². The predicted octanol–water partition coefficient (Wildman–Crippen LogP) is 2.30. The molecular weight excluding hydrogens is 266 g/mol. The third kappa shape index (κ3) is 2.97. The molecule has 1 aliphatic rings. The maximum atomic E-state index is 5.41. The first kappa shape index (κ1) is 13.8. The second kappa shape index (κ2) is 6.10. The van der Waals surface area contributed by atoms with Gasteiger partial charge in [0.2, 0.25) is 0 Å². The lowest BCUT2D eigenvalue weighted by atomic mass is 10.1. The normalized spacial score (nSPS) is 15.0. The summed E-state index contributed by atoms with van der Waals surface area (Å²) >= 11 is 0. The van der Waals surface area contributed by atoms with E-state index in [4.69, 9.17) is 9.47 Å². The molecule has 0 aliphatic carbocycles. The monoisotopic (exact) mass is 285 g/mol. The molecule has 3 rings (SSSR count). The summed E-state index contributed by atoms with van der Waals surface area (Å²) in [5, 5.41) is 8.71. The maximum Gasteiger partial charge on any atom is 0.151 e. The Hall–Kier alpha value is -2.14. The van der Waals surface area contributed by atoms with Crippen molar-refractivity contribution in [3.8, 4) is 17.0 Å². The standard InChI is InChI=1S/C16H19N3O2/c1-12-3-5-15(20-2)13(11-12)14-4-6-16(18-17-14)19-7-9-21-10-8-19/h3-6,11H,7-10H2,1-2H3. The van der Waals surface area contributed by atoms with E-state index in [1.165, 1.54) is 5.56 Å². The van der Waals surface area contributed by atoms with E-state index in [1.807, 2.05) is 24.3 Å². The van der Waals surface area contributed by atoms with Crippen molar-refractivity contribution >= 4 is 5.82 Å². The molecule has 2 heterocycles. The average Bonchev–Trinajstić information content (AvgIpc) is 2.56. The van der Waals surface area contributed by atoms with Crippen molar-refractivity contribution in [2.75, 3.05) is 38.3 Å². The Morgan fingerprint density at radius 3 is 2.57 bits per heavy atom. The molecule has 0 atom stereocenters. The number of aryl methyl sites for hydroxylation is 1. The summed E-state index contributed by atoms with van der Waals surface area (Å²) in [6.45, 7) is 5.27. The molecule has 1 aromatic carbocycles. The van der Waals surface area contributed by atoms with Gasteiger partial charge in [-0.3, -0.25) is 0 Å². The minimum Gasteiger partial charge on any atom is -0.496 e. The lowest BCUT2D eigenvalue weighted by molar-refractivity contribution is 0.122. The lowest BCUT2D eigenvalue weighted by Gasteiger charge is -2.27. The van der Waals surface area contributed by atoms with E-state index in [9.17, 15) is 0 Å². The molecule has 0 N–H and O–H groups in total. The molecule has 2 aromatic rings. The molecule has 1 aliphatic heterocycles. The molecule has 5 nitrogen and oxygen atoms in total. The first-order valence-corrected chi connectivity index (χ1v) is 7.09. The Bertz CT molecular complexity index is 607. The topological polar surface area (TPSA) is 47.5 Å². The van der Waals surface area contributed by atoms with E-state index in [0.717, 1.165) is 49.1 Å². The number of benzene rings is 1. The van der Waals surface area contributed by atoms with Crippen molar-refractivity contribution in [2.45, 2.75) is 6.92 Å². The zero-order chi connectivity index (χ0) is 14.7. The van der Waals surface area contributed by atoms with Gasteiger partial charge in [-0.05, 0) is 31.2 Å². The number of rotatable bonds is 3. The number of nitrogens with zero attached hydrogens (tertiary/aromatic N) is 3. The molecule has 0 radical (unpaired) electrons. The Labute approximate surface area is 124 Å². The van der Waals surface area contributed by atoms with E-state index >= 15 is 0 Å². The molecule has 0 spiro atoms. The Morgan fingerprint density at radius 1 is 1.10 bits per heavy atom. The number of anilines is 1. The molecule has 1 aromatic heterocycles. The van der Waals surface area contributed by atoms with Crippen molar-refractivity contribution in [2.24, 2.45) is 0 Å². The molecule has 0 unspecified atom stereocenters. The summed E-state index contributed by atoms with van der Waals surface area (Å²) in [4.78, 5) is 2.19. The van der Waals surface area contributed by atoms with E-state index < -0.39 is 0 Å². The average molecular weight is 285 g/mol. The van der Waals surface area contributed by atoms with Crippen LogP contribution >= 0.6 is 0 Å². The SMILES string of the molecule is COc1ccc(C)cc1-c1ccc(N2CCOCC2)nn1. The predicted molar refractivity (Wildman–Crippen MR) is 81.8 cm³/mol. The van der Waals surface area contributed by atoms with Gasteiger partial charge in [0.25, 0.3) is 0 Å². The minimum absolute atomic E-state index is 0.745. The van der Waals surface area contributed by atoms with Crippen LogP contribution in [0.1, 0.15) is 5.56 Å². The van der Waals surface area contributed by atoms with E-state index in [-0.39, 0.29) is 0 Å². The van der Waals surface area contributed by atoms with Gasteiger partial charge in [-0.2, -0.15) is 0 Å². The fourth-order valence-corrected chi connectivity index (χ4v) is 2.45. The Kier molecular flexibility index (Phi) is 4.01. The smallest absolute Gasteiger partial charge is 0.151 e. The molecule has 0 amide bonds. The zero-order valence-electron chi connectivity index (χ0n) is 12.4. The Morgan fingerprint density at radius 2 is 1.90 bits per heavy atom. The number of aromatic nitrogens is 2. The molecule has 0 bridgehead atoms. The van der Waals surface area contributed by atoms with Crippen molar-refractivity contribution in [3.63, 3.8) is 0 Å². The molecule has 21 heavy (non-hydrogen) atoms. The van der Waals surface area contributed by atoms with Gasteiger partial charge in [0.15, 0.2) is 5.82 Å².